The van der Waals surface area contributed by atoms with E-state index in [9.17, 15) is 0 Å². The molecule has 8 heteroatoms. The molecule has 1 saturated heterocycles. The largest absolute Gasteiger partial charge is 0.474 e. The Bertz CT molecular complexity index is 1110. The first-order chi connectivity index (χ1) is 15.2. The highest BCUT2D eigenvalue weighted by Crippen LogP contribution is 2.28. The van der Waals surface area contributed by atoms with Gasteiger partial charge in [0.2, 0.25) is 11.7 Å². The molecule has 5 N–H and O–H groups in total. The van der Waals surface area contributed by atoms with E-state index in [0.29, 0.717) is 35.0 Å². The lowest BCUT2D eigenvalue weighted by atomic mass is 9.99. The van der Waals surface area contributed by atoms with E-state index in [4.69, 9.17) is 20.6 Å². The van der Waals surface area contributed by atoms with Gasteiger partial charge in [-0.2, -0.15) is 4.98 Å². The summed E-state index contributed by atoms with van der Waals surface area (Å²) in [6.07, 6.45) is 6.08. The van der Waals surface area contributed by atoms with Crippen molar-refractivity contribution < 1.29 is 14.8 Å². The number of rotatable bonds is 7. The van der Waals surface area contributed by atoms with Gasteiger partial charge in [-0.1, -0.05) is 6.07 Å². The van der Waals surface area contributed by atoms with Crippen LogP contribution < -0.4 is 15.8 Å². The van der Waals surface area contributed by atoms with Gasteiger partial charge in [0.05, 0.1) is 17.8 Å². The number of nitrogens with one attached hydrogen (secondary N) is 1. The van der Waals surface area contributed by atoms with Gasteiger partial charge in [-0.25, -0.2) is 9.97 Å². The van der Waals surface area contributed by atoms with Gasteiger partial charge in [0, 0.05) is 36.1 Å². The molecule has 2 aromatic heterocycles. The maximum Gasteiger partial charge on any atom is 0.239 e. The minimum Gasteiger partial charge on any atom is -0.474 e. The maximum atomic E-state index is 8.85. The van der Waals surface area contributed by atoms with Gasteiger partial charge >= 0.3 is 0 Å². The number of anilines is 1. The third-order valence-electron chi connectivity index (χ3n) is 5.91. The Kier molecular flexibility index (Phi) is 5.48. The number of nitrogens with zero attached hydrogens (tertiary/aromatic N) is 3. The monoisotopic (exact) mass is 419 g/mol. The van der Waals surface area contributed by atoms with Crippen molar-refractivity contribution in [2.75, 3.05) is 25.5 Å². The van der Waals surface area contributed by atoms with E-state index in [2.05, 4.69) is 20.3 Å². The normalized spacial score (nSPS) is 17.0. The fourth-order valence-corrected chi connectivity index (χ4v) is 3.91. The number of nitrogen functional groups attached to an aromatic ring is 1. The Morgan fingerprint density at radius 3 is 2.77 bits per heavy atom. The number of pyridine rings is 1. The van der Waals surface area contributed by atoms with Gasteiger partial charge in [0.1, 0.15) is 23.8 Å². The van der Waals surface area contributed by atoms with Gasteiger partial charge < -0.3 is 15.2 Å². The molecule has 31 heavy (non-hydrogen) atoms. The molecule has 2 aliphatic rings. The molecule has 0 atom stereocenters. The summed E-state index contributed by atoms with van der Waals surface area (Å²) < 4.78 is 11.2. The molecule has 1 aliphatic carbocycles. The summed E-state index contributed by atoms with van der Waals surface area (Å²) in [6, 6.07) is 9.65. The molecule has 0 bridgehead atoms. The average molecular weight is 420 g/mol. The standard InChI is InChI=1S/C23H26N6O2/c24-21(16-1-5-18-15(11-16)2-6-19(29-18)31-17-3-4-17)20-22(25)27-13-28-23(20)26-12-14-7-9-30-10-8-14/h1-2,5-6,11,13-14,17,24H,3-4,7-10,12H2,(H3,25,26,27,28)/p+1. The van der Waals surface area contributed by atoms with Crippen LogP contribution in [0.4, 0.5) is 11.6 Å². The highest BCUT2D eigenvalue weighted by atomic mass is 16.5. The zero-order valence-corrected chi connectivity index (χ0v) is 17.4. The van der Waals surface area contributed by atoms with Crippen LogP contribution in [0.3, 0.4) is 0 Å². The summed E-state index contributed by atoms with van der Waals surface area (Å²) in [5.74, 6) is 2.27. The summed E-state index contributed by atoms with van der Waals surface area (Å²) >= 11 is 0. The molecule has 5 rings (SSSR count). The second kappa shape index (κ2) is 8.56. The quantitative estimate of drug-likeness (QED) is 0.504. The van der Waals surface area contributed by atoms with Crippen LogP contribution in [0.15, 0.2) is 36.7 Å². The van der Waals surface area contributed by atoms with Gasteiger partial charge in [-0.15, -0.1) is 0 Å². The van der Waals surface area contributed by atoms with E-state index in [1.807, 2.05) is 30.3 Å². The Hall–Kier alpha value is -3.10. The third-order valence-corrected chi connectivity index (χ3v) is 5.91. The summed E-state index contributed by atoms with van der Waals surface area (Å²) in [7, 11) is 0. The number of hydrogen-bond acceptors (Lipinski definition) is 7. The van der Waals surface area contributed by atoms with E-state index in [1.54, 1.807) is 0 Å². The molecule has 0 radical (unpaired) electrons. The van der Waals surface area contributed by atoms with Crippen LogP contribution in [0, 0.1) is 11.3 Å². The maximum absolute atomic E-state index is 8.85. The lowest BCUT2D eigenvalue weighted by Gasteiger charge is -2.20. The molecular weight excluding hydrogens is 392 g/mol. The highest BCUT2D eigenvalue weighted by Gasteiger charge is 2.24. The molecule has 0 amide bonds. The molecular formula is C23H27N6O2+. The van der Waals surface area contributed by atoms with Gasteiger partial charge in [0.15, 0.2) is 0 Å². The van der Waals surface area contributed by atoms with Crippen molar-refractivity contribution in [2.45, 2.75) is 31.8 Å². The third kappa shape index (κ3) is 4.50. The smallest absolute Gasteiger partial charge is 0.239 e. The van der Waals surface area contributed by atoms with Gasteiger partial charge in [-0.3, -0.25) is 10.7 Å². The predicted molar refractivity (Wildman–Crippen MR) is 118 cm³/mol. The van der Waals surface area contributed by atoms with E-state index >= 15 is 0 Å². The molecule has 0 spiro atoms. The van der Waals surface area contributed by atoms with E-state index in [0.717, 1.165) is 67.7 Å². The predicted octanol–water partition coefficient (Wildman–Crippen LogP) is 2.19. The molecule has 2 fully saturated rings. The average Bonchev–Trinajstić information content (AvgIpc) is 3.61. The van der Waals surface area contributed by atoms with Crippen molar-refractivity contribution in [2.24, 2.45) is 5.92 Å². The Morgan fingerprint density at radius 1 is 1.13 bits per heavy atom. The molecule has 1 saturated carbocycles. The van der Waals surface area contributed by atoms with Crippen molar-refractivity contribution in [3.8, 4) is 5.88 Å². The lowest BCUT2D eigenvalue weighted by molar-refractivity contribution is -0.583. The number of nitrogens with two attached hydrogens (primary N) is 2. The van der Waals surface area contributed by atoms with Crippen molar-refractivity contribution in [1.29, 1.82) is 5.41 Å². The molecule has 1 aromatic carbocycles. The topological polar surface area (TPSA) is 124 Å². The Morgan fingerprint density at radius 2 is 1.97 bits per heavy atom. The second-order valence-corrected chi connectivity index (χ2v) is 8.26. The summed E-state index contributed by atoms with van der Waals surface area (Å²) in [5, 5.41) is 11.9. The first-order valence-electron chi connectivity index (χ1n) is 10.9. The van der Waals surface area contributed by atoms with Crippen molar-refractivity contribution in [1.82, 2.24) is 15.0 Å². The fraction of sp³-hybridized carbons (Fsp3) is 0.391. The SMILES string of the molecule is N=C(c1ccc2nc(OC3CC3)ccc2c1)c1c(N)ncnc1[NH2+]CC1CCOCC1. The second-order valence-electron chi connectivity index (χ2n) is 8.26. The number of aromatic nitrogens is 3. The fourth-order valence-electron chi connectivity index (χ4n) is 3.91. The van der Waals surface area contributed by atoms with Crippen LogP contribution in [-0.2, 0) is 4.74 Å². The number of benzene rings is 1. The minimum absolute atomic E-state index is 0.314. The summed E-state index contributed by atoms with van der Waals surface area (Å²) in [6.45, 7) is 2.52. The first-order valence-corrected chi connectivity index (χ1v) is 10.9. The highest BCUT2D eigenvalue weighted by molar-refractivity contribution is 6.16. The van der Waals surface area contributed by atoms with Crippen LogP contribution >= 0.6 is 0 Å². The molecule has 3 heterocycles. The molecule has 0 unspecified atom stereocenters. The van der Waals surface area contributed by atoms with Gasteiger partial charge in [-0.05, 0) is 43.9 Å². The summed E-state index contributed by atoms with van der Waals surface area (Å²) in [5.41, 5.74) is 8.69. The van der Waals surface area contributed by atoms with Crippen molar-refractivity contribution in [3.05, 3.63) is 47.8 Å². The lowest BCUT2D eigenvalue weighted by Crippen LogP contribution is -2.80. The zero-order chi connectivity index (χ0) is 21.2. The molecule has 160 valence electrons. The van der Waals surface area contributed by atoms with E-state index < -0.39 is 0 Å². The van der Waals surface area contributed by atoms with Crippen LogP contribution in [0.25, 0.3) is 10.9 Å². The number of fused-ring (bicyclic) bond motifs is 1. The van der Waals surface area contributed by atoms with Crippen LogP contribution in [0.1, 0.15) is 36.8 Å². The van der Waals surface area contributed by atoms with Crippen molar-refractivity contribution in [3.63, 3.8) is 0 Å². The van der Waals surface area contributed by atoms with Crippen LogP contribution in [0.5, 0.6) is 5.88 Å². The van der Waals surface area contributed by atoms with E-state index in [-0.39, 0.29) is 0 Å². The van der Waals surface area contributed by atoms with Gasteiger partial charge in [0.25, 0.3) is 0 Å². The molecule has 3 aromatic rings. The Labute approximate surface area is 180 Å². The number of hydrogen-bond donors (Lipinski definition) is 3. The number of quaternary nitrogens is 1. The molecule has 1 aliphatic heterocycles. The van der Waals surface area contributed by atoms with Crippen molar-refractivity contribution >= 4 is 28.3 Å². The van der Waals surface area contributed by atoms with Crippen LogP contribution in [-0.4, -0.2) is 46.5 Å². The minimum atomic E-state index is 0.314. The zero-order valence-electron chi connectivity index (χ0n) is 17.4. The van der Waals surface area contributed by atoms with Crippen LogP contribution in [0.2, 0.25) is 0 Å². The number of ether oxygens (including phenoxy) is 2. The Balaban J connectivity index is 1.38. The summed E-state index contributed by atoms with van der Waals surface area (Å²) in [4.78, 5) is 13.2. The first kappa shape index (κ1) is 19.8. The van der Waals surface area contributed by atoms with E-state index in [1.165, 1.54) is 6.33 Å². The molecule has 8 nitrogen and oxygen atoms in total.